The molecule has 0 amide bonds. The maximum atomic E-state index is 15.5. The van der Waals surface area contributed by atoms with Gasteiger partial charge in [-0.1, -0.05) is 6.07 Å². The van der Waals surface area contributed by atoms with E-state index in [0.29, 0.717) is 33.9 Å². The number of allylic oxidation sites excluding steroid dienone is 2. The molecule has 2 aromatic rings. The van der Waals surface area contributed by atoms with E-state index in [1.165, 1.54) is 12.1 Å². The van der Waals surface area contributed by atoms with E-state index in [2.05, 4.69) is 0 Å². The highest BCUT2D eigenvalue weighted by Gasteiger charge is 2.55. The van der Waals surface area contributed by atoms with Crippen LogP contribution < -0.4 is 0 Å². The van der Waals surface area contributed by atoms with Gasteiger partial charge in [0, 0.05) is 24.3 Å². The summed E-state index contributed by atoms with van der Waals surface area (Å²) in [4.78, 5) is 0. The molecule has 0 saturated carbocycles. The van der Waals surface area contributed by atoms with Gasteiger partial charge in [0.25, 0.3) is 0 Å². The highest BCUT2D eigenvalue weighted by atomic mass is 19.2. The van der Waals surface area contributed by atoms with Gasteiger partial charge in [0.2, 0.25) is 0 Å². The van der Waals surface area contributed by atoms with E-state index in [9.17, 15) is 4.39 Å². The van der Waals surface area contributed by atoms with Crippen molar-refractivity contribution in [2.24, 2.45) is 0 Å². The number of aryl methyl sites for hydroxylation is 3. The first kappa shape index (κ1) is 16.9. The molecule has 0 unspecified atom stereocenters. The average Bonchev–Trinajstić information content (AvgIpc) is 3.00. The van der Waals surface area contributed by atoms with Crippen LogP contribution in [-0.4, -0.2) is 21.6 Å². The number of aromatic nitrogens is 1. The van der Waals surface area contributed by atoms with Crippen molar-refractivity contribution < 1.29 is 17.5 Å². The molecule has 4 rings (SSSR count). The quantitative estimate of drug-likeness (QED) is 0.637. The summed E-state index contributed by atoms with van der Waals surface area (Å²) in [5.41, 5.74) is 5.70. The van der Waals surface area contributed by atoms with E-state index in [4.69, 9.17) is 0 Å². The zero-order valence-electron chi connectivity index (χ0n) is 15.5. The standard InChI is InChI=1S/C20H20BF3N2/c1-11-6-7-16(22)10-17(11)18-19-12(2)8-14(4)25(19)21(23,24)26-15(5)9-13(3)20(18)26/h6-10H,1-5H3. The van der Waals surface area contributed by atoms with Crippen LogP contribution in [0.3, 0.4) is 0 Å². The summed E-state index contributed by atoms with van der Waals surface area (Å²) >= 11 is 0. The molecule has 1 aromatic heterocycles. The third-order valence-electron chi connectivity index (χ3n) is 5.40. The Morgan fingerprint density at radius 2 is 1.65 bits per heavy atom. The molecular weight excluding hydrogens is 336 g/mol. The Morgan fingerprint density at radius 3 is 2.35 bits per heavy atom. The number of rotatable bonds is 1. The van der Waals surface area contributed by atoms with E-state index in [1.54, 1.807) is 32.1 Å². The van der Waals surface area contributed by atoms with Crippen molar-refractivity contribution in [1.29, 1.82) is 0 Å². The highest BCUT2D eigenvalue weighted by molar-refractivity contribution is 6.58. The molecule has 1 aromatic carbocycles. The molecule has 0 fully saturated rings. The second kappa shape index (κ2) is 5.25. The molecule has 0 atom stereocenters. The summed E-state index contributed by atoms with van der Waals surface area (Å²) in [6.45, 7) is 4.93. The summed E-state index contributed by atoms with van der Waals surface area (Å²) in [5.74, 6) is -0.374. The normalized spacial score (nSPS) is 18.2. The molecule has 0 saturated heterocycles. The molecule has 0 spiro atoms. The van der Waals surface area contributed by atoms with Gasteiger partial charge in [-0.2, -0.15) is 0 Å². The molecule has 2 nitrogen and oxygen atoms in total. The topological polar surface area (TPSA) is 7.94 Å². The van der Waals surface area contributed by atoms with Crippen molar-refractivity contribution in [3.8, 4) is 0 Å². The molecule has 134 valence electrons. The first-order valence-electron chi connectivity index (χ1n) is 8.68. The SMILES string of the molecule is CC1=CC(C)=[N+]2C1=C(c1cc(F)ccc1C)c1c(C)cc(C)n1[B-]2(F)F. The largest absolute Gasteiger partial charge is 0.737 e. The van der Waals surface area contributed by atoms with Gasteiger partial charge in [-0.3, -0.25) is 0 Å². The predicted octanol–water partition coefficient (Wildman–Crippen LogP) is 4.98. The van der Waals surface area contributed by atoms with Gasteiger partial charge >= 0.3 is 6.97 Å². The highest BCUT2D eigenvalue weighted by Crippen LogP contribution is 2.44. The lowest BCUT2D eigenvalue weighted by atomic mass is 9.83. The molecule has 26 heavy (non-hydrogen) atoms. The fourth-order valence-electron chi connectivity index (χ4n) is 4.42. The Balaban J connectivity index is 2.22. The zero-order chi connectivity index (χ0) is 19.0. The number of nitrogens with zero attached hydrogens (tertiary/aromatic N) is 2. The molecule has 0 bridgehead atoms. The van der Waals surface area contributed by atoms with E-state index in [-0.39, 0.29) is 5.82 Å². The molecule has 6 heteroatoms. The lowest BCUT2D eigenvalue weighted by Gasteiger charge is -2.34. The van der Waals surface area contributed by atoms with Gasteiger partial charge in [-0.25, -0.2) is 4.39 Å². The minimum atomic E-state index is -4.00. The molecule has 2 aliphatic rings. The van der Waals surface area contributed by atoms with Crippen molar-refractivity contribution in [3.05, 3.63) is 75.5 Å². The minimum absolute atomic E-state index is 0.374. The van der Waals surface area contributed by atoms with E-state index in [0.717, 1.165) is 25.7 Å². The van der Waals surface area contributed by atoms with Crippen molar-refractivity contribution in [1.82, 2.24) is 4.48 Å². The van der Waals surface area contributed by atoms with Gasteiger partial charge < -0.3 is 17.6 Å². The zero-order valence-corrected chi connectivity index (χ0v) is 15.5. The number of hydrogen-bond donors (Lipinski definition) is 0. The second-order valence-electron chi connectivity index (χ2n) is 7.30. The van der Waals surface area contributed by atoms with Crippen LogP contribution in [0, 0.1) is 26.6 Å². The summed E-state index contributed by atoms with van der Waals surface area (Å²) < 4.78 is 47.3. The van der Waals surface area contributed by atoms with Crippen LogP contribution in [0.1, 0.15) is 41.9 Å². The Kier molecular flexibility index (Phi) is 3.42. The Labute approximate surface area is 151 Å². The molecule has 2 aliphatic heterocycles. The maximum Gasteiger partial charge on any atom is 0.737 e. The van der Waals surface area contributed by atoms with Crippen LogP contribution in [0.2, 0.25) is 0 Å². The first-order valence-corrected chi connectivity index (χ1v) is 8.68. The van der Waals surface area contributed by atoms with Crippen molar-refractivity contribution in [2.45, 2.75) is 34.6 Å². The smallest absolute Gasteiger partial charge is 0.393 e. The van der Waals surface area contributed by atoms with Crippen molar-refractivity contribution >= 4 is 18.3 Å². The molecule has 0 N–H and O–H groups in total. The van der Waals surface area contributed by atoms with Gasteiger partial charge in [0.15, 0.2) is 5.70 Å². The average molecular weight is 356 g/mol. The van der Waals surface area contributed by atoms with Crippen LogP contribution in [0.5, 0.6) is 0 Å². The van der Waals surface area contributed by atoms with Gasteiger partial charge in [0.1, 0.15) is 11.5 Å². The Bertz CT molecular complexity index is 1070. The second-order valence-corrected chi connectivity index (χ2v) is 7.30. The fourth-order valence-corrected chi connectivity index (χ4v) is 4.42. The van der Waals surface area contributed by atoms with Crippen LogP contribution >= 0.6 is 0 Å². The number of benzene rings is 1. The Hall–Kier alpha value is -2.50. The Morgan fingerprint density at radius 1 is 0.962 bits per heavy atom. The third-order valence-corrected chi connectivity index (χ3v) is 5.40. The molecular formula is C20H20BF3N2. The summed E-state index contributed by atoms with van der Waals surface area (Å²) in [5, 5.41) is 0. The summed E-state index contributed by atoms with van der Waals surface area (Å²) in [7, 11) is 0. The van der Waals surface area contributed by atoms with Crippen molar-refractivity contribution in [2.75, 3.05) is 0 Å². The predicted molar refractivity (Wildman–Crippen MR) is 99.1 cm³/mol. The van der Waals surface area contributed by atoms with E-state index < -0.39 is 6.97 Å². The summed E-state index contributed by atoms with van der Waals surface area (Å²) in [6, 6.07) is 6.31. The third kappa shape index (κ3) is 2.04. The van der Waals surface area contributed by atoms with E-state index in [1.807, 2.05) is 20.8 Å². The monoisotopic (exact) mass is 356 g/mol. The molecule has 3 heterocycles. The number of halogens is 3. The van der Waals surface area contributed by atoms with Crippen LogP contribution in [0.15, 0.2) is 41.6 Å². The van der Waals surface area contributed by atoms with Crippen LogP contribution in [0.25, 0.3) is 5.57 Å². The van der Waals surface area contributed by atoms with Gasteiger partial charge in [-0.15, -0.1) is 0 Å². The fraction of sp³-hybridized carbons (Fsp3) is 0.250. The van der Waals surface area contributed by atoms with Crippen LogP contribution in [-0.2, 0) is 0 Å². The van der Waals surface area contributed by atoms with Gasteiger partial charge in [-0.05, 0) is 68.3 Å². The lowest BCUT2D eigenvalue weighted by Crippen LogP contribution is -2.51. The van der Waals surface area contributed by atoms with Crippen LogP contribution in [0.4, 0.5) is 13.0 Å². The van der Waals surface area contributed by atoms with Crippen molar-refractivity contribution in [3.63, 3.8) is 0 Å². The van der Waals surface area contributed by atoms with E-state index >= 15 is 8.63 Å². The molecule has 0 radical (unpaired) electrons. The lowest BCUT2D eigenvalue weighted by molar-refractivity contribution is -0.363. The first-order chi connectivity index (χ1) is 12.1. The molecule has 0 aliphatic carbocycles. The van der Waals surface area contributed by atoms with Gasteiger partial charge in [0.05, 0.1) is 5.57 Å². The number of hydrogen-bond acceptors (Lipinski definition) is 0. The summed E-state index contributed by atoms with van der Waals surface area (Å²) in [6.07, 6.45) is 1.77. The number of fused-ring (bicyclic) bond motifs is 2. The minimum Gasteiger partial charge on any atom is -0.393 e. The maximum absolute atomic E-state index is 15.5.